The molecule has 0 amide bonds. The van der Waals surface area contributed by atoms with Crippen molar-refractivity contribution >= 4 is 0 Å². The van der Waals surface area contributed by atoms with Gasteiger partial charge in [-0.25, -0.2) is 15.0 Å². The summed E-state index contributed by atoms with van der Waals surface area (Å²) in [7, 11) is 0. The molecule has 0 unspecified atom stereocenters. The minimum absolute atomic E-state index is 0.0246. The van der Waals surface area contributed by atoms with Crippen molar-refractivity contribution in [3.05, 3.63) is 106 Å². The molecule has 0 saturated heterocycles. The Morgan fingerprint density at radius 1 is 0.364 bits per heavy atom. The highest BCUT2D eigenvalue weighted by atomic mass is 15.0. The van der Waals surface area contributed by atoms with Crippen LogP contribution in [0.25, 0.3) is 45.4 Å². The van der Waals surface area contributed by atoms with Crippen LogP contribution in [0.1, 0.15) is 151 Å². The number of nitrogens with zero attached hydrogens (tertiary/aromatic N) is 4. The van der Waals surface area contributed by atoms with Crippen molar-refractivity contribution in [3.8, 4) is 45.4 Å². The fourth-order valence-electron chi connectivity index (χ4n) is 11.0. The first-order valence-electron chi connectivity index (χ1n) is 20.4. The summed E-state index contributed by atoms with van der Waals surface area (Å²) in [5, 5.41) is 0. The van der Waals surface area contributed by atoms with Gasteiger partial charge in [-0.15, -0.1) is 0 Å². The van der Waals surface area contributed by atoms with Crippen LogP contribution in [0, 0.1) is 10.8 Å². The smallest absolute Gasteiger partial charge is 0.165 e. The van der Waals surface area contributed by atoms with Crippen LogP contribution in [0.4, 0.5) is 0 Å². The van der Waals surface area contributed by atoms with Crippen molar-refractivity contribution < 1.29 is 0 Å². The largest absolute Gasteiger partial charge is 0.255 e. The molecule has 4 heteroatoms. The minimum atomic E-state index is -0.0337. The first-order valence-corrected chi connectivity index (χ1v) is 20.4. The van der Waals surface area contributed by atoms with Gasteiger partial charge in [0.25, 0.3) is 0 Å². The quantitative estimate of drug-likeness (QED) is 0.185. The van der Waals surface area contributed by atoms with Crippen LogP contribution >= 0.6 is 0 Å². The Morgan fingerprint density at radius 2 is 0.727 bits per heavy atom. The van der Waals surface area contributed by atoms with Gasteiger partial charge in [0.2, 0.25) is 0 Å². The number of hydrogen-bond donors (Lipinski definition) is 0. The van der Waals surface area contributed by atoms with Crippen molar-refractivity contribution in [2.75, 3.05) is 0 Å². The van der Waals surface area contributed by atoms with Gasteiger partial charge in [-0.3, -0.25) is 4.98 Å². The molecular weight excluding hydrogens is 669 g/mol. The number of pyridine rings is 1. The minimum Gasteiger partial charge on any atom is -0.255 e. The lowest BCUT2D eigenvalue weighted by Gasteiger charge is -2.44. The van der Waals surface area contributed by atoms with E-state index in [1.54, 1.807) is 0 Å². The van der Waals surface area contributed by atoms with Gasteiger partial charge in [-0.2, -0.15) is 0 Å². The fourth-order valence-corrected chi connectivity index (χ4v) is 11.0. The molecule has 2 aromatic heterocycles. The van der Waals surface area contributed by atoms with Gasteiger partial charge in [0.1, 0.15) is 0 Å². The number of rotatable bonds is 4. The van der Waals surface area contributed by atoms with Crippen molar-refractivity contribution in [3.63, 3.8) is 0 Å². The molecule has 0 aliphatic heterocycles. The van der Waals surface area contributed by atoms with E-state index >= 15 is 0 Å². The SMILES string of the molecule is CC1(C)CC(C)(C)c2cc(-c3ccc(-c4nc(-c5ccc6c(c5)C(C)(C)C(C)(C)C6(C)C)nc(-c5ccc6c(c5)C(C)(C)C(C)(C)C6(C)C)n4)cn3)ccc21. The van der Waals surface area contributed by atoms with Crippen molar-refractivity contribution in [1.82, 2.24) is 19.9 Å². The van der Waals surface area contributed by atoms with Gasteiger partial charge in [0, 0.05) is 28.5 Å². The molecule has 3 aliphatic rings. The fraction of sp³-hybridized carbons (Fsp3) is 0.490. The Labute approximate surface area is 331 Å². The average Bonchev–Trinajstić information content (AvgIpc) is 3.43. The Bertz CT molecular complexity index is 2290. The number of hydrogen-bond acceptors (Lipinski definition) is 4. The number of benzene rings is 3. The maximum atomic E-state index is 5.27. The van der Waals surface area contributed by atoms with E-state index < -0.39 is 0 Å². The Morgan fingerprint density at radius 3 is 1.18 bits per heavy atom. The van der Waals surface area contributed by atoms with E-state index in [0.29, 0.717) is 17.5 Å². The van der Waals surface area contributed by atoms with Crippen molar-refractivity contribution in [2.45, 2.75) is 150 Å². The number of aromatic nitrogens is 4. The highest BCUT2D eigenvalue weighted by Gasteiger charge is 2.58. The maximum absolute atomic E-state index is 5.27. The predicted octanol–water partition coefficient (Wildman–Crippen LogP) is 13.1. The third-order valence-corrected chi connectivity index (χ3v) is 16.8. The molecule has 0 spiro atoms. The molecule has 3 aromatic carbocycles. The van der Waals surface area contributed by atoms with Crippen LogP contribution in [-0.4, -0.2) is 19.9 Å². The summed E-state index contributed by atoms with van der Waals surface area (Å²) in [4.78, 5) is 20.7. The first-order chi connectivity index (χ1) is 25.3. The van der Waals surface area contributed by atoms with Crippen LogP contribution in [0.2, 0.25) is 0 Å². The van der Waals surface area contributed by atoms with Gasteiger partial charge >= 0.3 is 0 Å². The topological polar surface area (TPSA) is 51.6 Å². The standard InChI is InChI=1S/C51H62N4/c1-44(2)29-45(3,4)37-25-30(17-21-34(37)44)40-24-20-33(28-52-40)43-54-41(31-18-22-35-38(26-31)48(9,10)50(13,14)46(35,5)6)53-42(55-43)32-19-23-36-39(27-32)49(11,12)51(15,16)47(36,7)8/h17-28H,29H2,1-16H3. The third-order valence-electron chi connectivity index (χ3n) is 16.8. The molecule has 0 fully saturated rings. The molecule has 8 rings (SSSR count). The predicted molar refractivity (Wildman–Crippen MR) is 230 cm³/mol. The first kappa shape index (κ1) is 37.7. The van der Waals surface area contributed by atoms with Gasteiger partial charge in [-0.05, 0) is 113 Å². The van der Waals surface area contributed by atoms with Crippen LogP contribution in [-0.2, 0) is 32.5 Å². The second kappa shape index (κ2) is 11.2. The molecule has 5 aromatic rings. The molecular formula is C51H62N4. The molecule has 0 atom stereocenters. The lowest BCUT2D eigenvalue weighted by molar-refractivity contribution is 0.125. The van der Waals surface area contributed by atoms with Crippen LogP contribution < -0.4 is 0 Å². The average molecular weight is 731 g/mol. The summed E-state index contributed by atoms with van der Waals surface area (Å²) < 4.78 is 0. The molecule has 0 N–H and O–H groups in total. The normalized spacial score (nSPS) is 22.2. The summed E-state index contributed by atoms with van der Waals surface area (Å²) in [5.74, 6) is 2.01. The zero-order valence-electron chi connectivity index (χ0n) is 36.4. The summed E-state index contributed by atoms with van der Waals surface area (Å²) in [6, 6.07) is 24.9. The van der Waals surface area contributed by atoms with E-state index in [1.165, 1.54) is 33.4 Å². The molecule has 0 radical (unpaired) electrons. The lowest BCUT2D eigenvalue weighted by atomic mass is 9.59. The van der Waals surface area contributed by atoms with Crippen LogP contribution in [0.5, 0.6) is 0 Å². The van der Waals surface area contributed by atoms with Gasteiger partial charge in [0.15, 0.2) is 17.5 Å². The monoisotopic (exact) mass is 730 g/mol. The molecule has 55 heavy (non-hydrogen) atoms. The van der Waals surface area contributed by atoms with E-state index in [1.807, 2.05) is 6.20 Å². The van der Waals surface area contributed by atoms with Gasteiger partial charge < -0.3 is 0 Å². The van der Waals surface area contributed by atoms with Crippen molar-refractivity contribution in [2.24, 2.45) is 10.8 Å². The molecule has 4 nitrogen and oxygen atoms in total. The zero-order valence-corrected chi connectivity index (χ0v) is 36.4. The summed E-state index contributed by atoms with van der Waals surface area (Å²) in [5.41, 5.74) is 13.9. The maximum Gasteiger partial charge on any atom is 0.165 e. The third kappa shape index (κ3) is 5.01. The molecule has 286 valence electrons. The second-order valence-electron chi connectivity index (χ2n) is 21.7. The van der Waals surface area contributed by atoms with Crippen LogP contribution in [0.15, 0.2) is 72.9 Å². The molecule has 2 heterocycles. The van der Waals surface area contributed by atoms with E-state index in [0.717, 1.165) is 34.4 Å². The van der Waals surface area contributed by atoms with Crippen LogP contribution in [0.3, 0.4) is 0 Å². The number of fused-ring (bicyclic) bond motifs is 3. The summed E-state index contributed by atoms with van der Waals surface area (Å²) in [6.45, 7) is 38.2. The van der Waals surface area contributed by atoms with E-state index in [2.05, 4.69) is 178 Å². The molecule has 0 saturated carbocycles. The van der Waals surface area contributed by atoms with Gasteiger partial charge in [-0.1, -0.05) is 147 Å². The summed E-state index contributed by atoms with van der Waals surface area (Å²) >= 11 is 0. The Kier molecular flexibility index (Phi) is 7.70. The zero-order chi connectivity index (χ0) is 40.1. The van der Waals surface area contributed by atoms with E-state index in [4.69, 9.17) is 19.9 Å². The Balaban J connectivity index is 1.26. The summed E-state index contributed by atoms with van der Waals surface area (Å²) in [6.07, 6.45) is 3.08. The highest BCUT2D eigenvalue weighted by molar-refractivity contribution is 5.71. The highest BCUT2D eigenvalue weighted by Crippen LogP contribution is 2.63. The van der Waals surface area contributed by atoms with E-state index in [-0.39, 0.29) is 43.3 Å². The second-order valence-corrected chi connectivity index (χ2v) is 21.7. The van der Waals surface area contributed by atoms with Gasteiger partial charge in [0.05, 0.1) is 5.69 Å². The Hall–Kier alpha value is -4.18. The van der Waals surface area contributed by atoms with Crippen molar-refractivity contribution in [1.29, 1.82) is 0 Å². The van der Waals surface area contributed by atoms with E-state index in [9.17, 15) is 0 Å². The molecule has 3 aliphatic carbocycles. The lowest BCUT2D eigenvalue weighted by Crippen LogP contribution is -2.42. The molecule has 0 bridgehead atoms.